The van der Waals surface area contributed by atoms with Crippen LogP contribution in [0.2, 0.25) is 0 Å². The zero-order chi connectivity index (χ0) is 29.3. The Bertz CT molecular complexity index is 1810. The fraction of sp³-hybridized carbons (Fsp3) is 0.207. The number of aromatic nitrogens is 4. The number of nitrogens with two attached hydrogens (primary N) is 1. The van der Waals surface area contributed by atoms with Crippen molar-refractivity contribution >= 4 is 45.6 Å². The van der Waals surface area contributed by atoms with E-state index in [1.165, 1.54) is 6.07 Å². The van der Waals surface area contributed by atoms with Crippen molar-refractivity contribution in [3.63, 3.8) is 0 Å². The first-order valence-corrected chi connectivity index (χ1v) is 12.9. The van der Waals surface area contributed by atoms with Crippen molar-refractivity contribution in [2.24, 2.45) is 12.8 Å². The number of carboxylic acids is 1. The number of ether oxygens (including phenoxy) is 1. The molecule has 2 aromatic heterocycles. The molecular formula is C29H30N8O4. The van der Waals surface area contributed by atoms with Crippen molar-refractivity contribution in [2.45, 2.75) is 19.8 Å². The van der Waals surface area contributed by atoms with E-state index in [0.717, 1.165) is 39.3 Å². The van der Waals surface area contributed by atoms with Gasteiger partial charge in [-0.25, -0.2) is 14.8 Å². The van der Waals surface area contributed by atoms with Crippen LogP contribution in [0.1, 0.15) is 50.8 Å². The van der Waals surface area contributed by atoms with Crippen LogP contribution in [0.15, 0.2) is 54.6 Å². The maximum Gasteiger partial charge on any atom is 0.339 e. The van der Waals surface area contributed by atoms with Crippen LogP contribution in [0.4, 0.5) is 5.69 Å². The molecule has 0 aliphatic heterocycles. The number of guanidine groups is 1. The second kappa shape index (κ2) is 11.0. The number of hydrogen-bond donors (Lipinski definition) is 6. The van der Waals surface area contributed by atoms with Gasteiger partial charge in [-0.05, 0) is 67.9 Å². The number of aryl methyl sites for hydroxylation is 2. The Kier molecular flexibility index (Phi) is 7.30. The highest BCUT2D eigenvalue weighted by Gasteiger charge is 2.21. The van der Waals surface area contributed by atoms with Gasteiger partial charge in [0.15, 0.2) is 5.96 Å². The van der Waals surface area contributed by atoms with Gasteiger partial charge >= 0.3 is 5.97 Å². The van der Waals surface area contributed by atoms with Crippen molar-refractivity contribution in [1.82, 2.24) is 24.8 Å². The standard InChI is InChI=1S/C29H30N8O4/c1-15-4-7-19(28(39)40)24(12-15)41-11-10-32-27(38)17-5-8-21-23(13-17)37(3)26(36-21)16(2)25-34-20-9-6-18(33-29(30)31)14-22(20)35-25/h4-9,12-14,16H,10-11H2,1-3H3,(H,32,38)(H,34,35)(H,39,40)(H4,30,31,33). The summed E-state index contributed by atoms with van der Waals surface area (Å²) in [5.41, 5.74) is 10.7. The zero-order valence-corrected chi connectivity index (χ0v) is 22.8. The number of imidazole rings is 2. The molecule has 210 valence electrons. The van der Waals surface area contributed by atoms with Gasteiger partial charge in [-0.1, -0.05) is 6.07 Å². The summed E-state index contributed by atoms with van der Waals surface area (Å²) in [5, 5.41) is 22.4. The van der Waals surface area contributed by atoms with Crippen molar-refractivity contribution < 1.29 is 19.4 Å². The number of carboxylic acid groups (broad SMARTS) is 1. The molecule has 0 aliphatic carbocycles. The number of aromatic carboxylic acids is 1. The summed E-state index contributed by atoms with van der Waals surface area (Å²) < 4.78 is 7.58. The van der Waals surface area contributed by atoms with Crippen LogP contribution in [-0.4, -0.2) is 55.6 Å². The summed E-state index contributed by atoms with van der Waals surface area (Å²) in [6.45, 7) is 4.18. The monoisotopic (exact) mass is 554 g/mol. The van der Waals surface area contributed by atoms with Crippen LogP contribution in [0, 0.1) is 12.3 Å². The van der Waals surface area contributed by atoms with Gasteiger partial charge in [0.2, 0.25) is 0 Å². The van der Waals surface area contributed by atoms with Gasteiger partial charge in [-0.15, -0.1) is 0 Å². The largest absolute Gasteiger partial charge is 0.491 e. The SMILES string of the molecule is Cc1ccc(C(=O)O)c(OCCNC(=O)c2ccc3nc(C(C)c4nc5cc(NC(=N)N)ccc5[nH]4)n(C)c3c2)c1. The van der Waals surface area contributed by atoms with Crippen molar-refractivity contribution in [1.29, 1.82) is 5.41 Å². The van der Waals surface area contributed by atoms with Gasteiger partial charge in [0.25, 0.3) is 5.91 Å². The predicted octanol–water partition coefficient (Wildman–Crippen LogP) is 3.72. The van der Waals surface area contributed by atoms with E-state index in [9.17, 15) is 14.7 Å². The molecule has 1 atom stereocenters. The molecule has 0 aliphatic rings. The molecule has 0 saturated heterocycles. The van der Waals surface area contributed by atoms with Gasteiger partial charge in [0.05, 0.1) is 34.5 Å². The summed E-state index contributed by atoms with van der Waals surface area (Å²) in [7, 11) is 1.90. The lowest BCUT2D eigenvalue weighted by Gasteiger charge is -2.11. The fourth-order valence-corrected chi connectivity index (χ4v) is 4.68. The molecule has 7 N–H and O–H groups in total. The third kappa shape index (κ3) is 5.66. The highest BCUT2D eigenvalue weighted by atomic mass is 16.5. The van der Waals surface area contributed by atoms with E-state index in [1.807, 2.05) is 43.7 Å². The Hall–Kier alpha value is -5.39. The molecule has 2 heterocycles. The number of nitrogens with zero attached hydrogens (tertiary/aromatic N) is 3. The van der Waals surface area contributed by atoms with E-state index in [0.29, 0.717) is 11.3 Å². The molecule has 0 bridgehead atoms. The quantitative estimate of drug-likeness (QED) is 0.0904. The molecule has 41 heavy (non-hydrogen) atoms. The van der Waals surface area contributed by atoms with E-state index in [2.05, 4.69) is 15.6 Å². The number of nitrogens with one attached hydrogen (secondary N) is 4. The maximum atomic E-state index is 12.9. The molecule has 12 heteroatoms. The first kappa shape index (κ1) is 27.2. The van der Waals surface area contributed by atoms with Crippen molar-refractivity contribution in [3.05, 3.63) is 82.9 Å². The molecule has 3 aromatic carbocycles. The highest BCUT2D eigenvalue weighted by Crippen LogP contribution is 2.28. The number of amides is 1. The first-order valence-electron chi connectivity index (χ1n) is 12.9. The average Bonchev–Trinajstić information content (AvgIpc) is 3.50. The summed E-state index contributed by atoms with van der Waals surface area (Å²) >= 11 is 0. The van der Waals surface area contributed by atoms with E-state index in [1.54, 1.807) is 30.3 Å². The Morgan fingerprint density at radius 1 is 1.12 bits per heavy atom. The molecular weight excluding hydrogens is 524 g/mol. The third-order valence-electron chi connectivity index (χ3n) is 6.77. The Morgan fingerprint density at radius 2 is 1.93 bits per heavy atom. The van der Waals surface area contributed by atoms with Gasteiger partial charge in [0, 0.05) is 18.3 Å². The van der Waals surface area contributed by atoms with Gasteiger partial charge < -0.3 is 35.8 Å². The number of anilines is 1. The lowest BCUT2D eigenvalue weighted by Crippen LogP contribution is -2.28. The van der Waals surface area contributed by atoms with E-state index >= 15 is 0 Å². The van der Waals surface area contributed by atoms with Crippen molar-refractivity contribution in [3.8, 4) is 5.75 Å². The van der Waals surface area contributed by atoms with Crippen LogP contribution in [-0.2, 0) is 7.05 Å². The average molecular weight is 555 g/mol. The van der Waals surface area contributed by atoms with Crippen molar-refractivity contribution in [2.75, 3.05) is 18.5 Å². The number of H-pyrrole nitrogens is 1. The summed E-state index contributed by atoms with van der Waals surface area (Å²) in [6, 6.07) is 15.7. The Labute approximate surface area is 235 Å². The lowest BCUT2D eigenvalue weighted by molar-refractivity contribution is 0.0691. The minimum absolute atomic E-state index is 0.0750. The van der Waals surface area contributed by atoms with Crippen LogP contribution >= 0.6 is 0 Å². The normalized spacial score (nSPS) is 11.9. The molecule has 12 nitrogen and oxygen atoms in total. The number of rotatable bonds is 9. The minimum atomic E-state index is -1.07. The number of carbonyl (C=O) groups is 2. The molecule has 0 radical (unpaired) electrons. The smallest absolute Gasteiger partial charge is 0.339 e. The van der Waals surface area contributed by atoms with Crippen LogP contribution in [0.5, 0.6) is 5.75 Å². The minimum Gasteiger partial charge on any atom is -0.491 e. The molecule has 0 saturated carbocycles. The van der Waals surface area contributed by atoms with E-state index < -0.39 is 5.97 Å². The molecule has 1 amide bonds. The van der Waals surface area contributed by atoms with Gasteiger partial charge in [-0.2, -0.15) is 0 Å². The molecule has 0 spiro atoms. The molecule has 5 rings (SSSR count). The van der Waals surface area contributed by atoms with Gasteiger partial charge in [-0.3, -0.25) is 10.2 Å². The maximum absolute atomic E-state index is 12.9. The predicted molar refractivity (Wildman–Crippen MR) is 156 cm³/mol. The summed E-state index contributed by atoms with van der Waals surface area (Å²) in [4.78, 5) is 37.2. The zero-order valence-electron chi connectivity index (χ0n) is 22.8. The molecule has 5 aromatic rings. The Balaban J connectivity index is 1.28. The number of carbonyl (C=O) groups excluding carboxylic acids is 1. The van der Waals surface area contributed by atoms with Gasteiger partial charge in [0.1, 0.15) is 29.6 Å². The molecule has 0 fully saturated rings. The van der Waals surface area contributed by atoms with Crippen LogP contribution in [0.3, 0.4) is 0 Å². The van der Waals surface area contributed by atoms with E-state index in [-0.39, 0.29) is 42.2 Å². The lowest BCUT2D eigenvalue weighted by atomic mass is 10.1. The third-order valence-corrected chi connectivity index (χ3v) is 6.77. The second-order valence-corrected chi connectivity index (χ2v) is 9.76. The highest BCUT2D eigenvalue weighted by molar-refractivity contribution is 5.97. The second-order valence-electron chi connectivity index (χ2n) is 9.76. The van der Waals surface area contributed by atoms with Crippen LogP contribution < -0.4 is 21.1 Å². The summed E-state index contributed by atoms with van der Waals surface area (Å²) in [6.07, 6.45) is 0. The number of aromatic amines is 1. The molecule has 1 unspecified atom stereocenters. The Morgan fingerprint density at radius 3 is 2.68 bits per heavy atom. The number of fused-ring (bicyclic) bond motifs is 2. The first-order chi connectivity index (χ1) is 19.6. The fourth-order valence-electron chi connectivity index (χ4n) is 4.68. The topological polar surface area (TPSA) is 184 Å². The summed E-state index contributed by atoms with van der Waals surface area (Å²) in [5.74, 6) is 0.111. The number of benzene rings is 3. The van der Waals surface area contributed by atoms with E-state index in [4.69, 9.17) is 25.8 Å². The van der Waals surface area contributed by atoms with Crippen LogP contribution in [0.25, 0.3) is 22.1 Å². The number of hydrogen-bond acceptors (Lipinski definition) is 6.